The zero-order valence-corrected chi connectivity index (χ0v) is 13.5. The Labute approximate surface area is 120 Å². The predicted molar refractivity (Wildman–Crippen MR) is 83.5 cm³/mol. The summed E-state index contributed by atoms with van der Waals surface area (Å²) in [6.07, 6.45) is 8.57. The van der Waals surface area contributed by atoms with Gasteiger partial charge in [-0.3, -0.25) is 4.90 Å². The number of likely N-dealkylation sites (tertiary alicyclic amines) is 1. The summed E-state index contributed by atoms with van der Waals surface area (Å²) in [5.74, 6) is 1.02. The Bertz CT molecular complexity index is 274. The third-order valence-corrected chi connectivity index (χ3v) is 5.61. The third kappa shape index (κ3) is 3.72. The van der Waals surface area contributed by atoms with Crippen molar-refractivity contribution >= 4 is 0 Å². The van der Waals surface area contributed by atoms with E-state index in [1.165, 1.54) is 51.6 Å². The van der Waals surface area contributed by atoms with Crippen molar-refractivity contribution in [1.29, 1.82) is 0 Å². The molecular formula is C17H34N2. The van der Waals surface area contributed by atoms with Gasteiger partial charge in [0.05, 0.1) is 0 Å². The van der Waals surface area contributed by atoms with Crippen LogP contribution in [0.1, 0.15) is 66.2 Å². The number of nitrogens with one attached hydrogen (secondary N) is 1. The van der Waals surface area contributed by atoms with E-state index in [1.54, 1.807) is 0 Å². The van der Waals surface area contributed by atoms with Crippen LogP contribution in [0.5, 0.6) is 0 Å². The van der Waals surface area contributed by atoms with Crippen LogP contribution in [-0.4, -0.2) is 36.6 Å². The smallest absolute Gasteiger partial charge is 0.0124 e. The molecule has 1 saturated carbocycles. The molecule has 1 heterocycles. The van der Waals surface area contributed by atoms with Crippen LogP contribution < -0.4 is 5.32 Å². The minimum absolute atomic E-state index is 0.376. The minimum atomic E-state index is 0.376. The van der Waals surface area contributed by atoms with E-state index < -0.39 is 0 Å². The Hall–Kier alpha value is -0.0800. The Kier molecular flexibility index (Phi) is 5.30. The largest absolute Gasteiger partial charge is 0.314 e. The monoisotopic (exact) mass is 266 g/mol. The fourth-order valence-electron chi connectivity index (χ4n) is 4.00. The van der Waals surface area contributed by atoms with E-state index >= 15 is 0 Å². The summed E-state index contributed by atoms with van der Waals surface area (Å²) >= 11 is 0. The first-order valence-electron chi connectivity index (χ1n) is 8.52. The van der Waals surface area contributed by atoms with Crippen molar-refractivity contribution < 1.29 is 0 Å². The Morgan fingerprint density at radius 3 is 2.68 bits per heavy atom. The van der Waals surface area contributed by atoms with E-state index in [0.29, 0.717) is 11.5 Å². The molecule has 1 aliphatic heterocycles. The minimum Gasteiger partial charge on any atom is -0.314 e. The van der Waals surface area contributed by atoms with Crippen LogP contribution in [0.15, 0.2) is 0 Å². The highest BCUT2D eigenvalue weighted by Crippen LogP contribution is 2.38. The normalized spacial score (nSPS) is 30.3. The molecule has 2 rings (SSSR count). The standard InChI is InChI=1S/C17H34N2/c1-5-11-18-14(2)17(3,4)13-19-12-10-15-8-6-7-9-16(15)19/h14-16,18H,5-13H2,1-4H3. The lowest BCUT2D eigenvalue weighted by molar-refractivity contribution is 0.107. The third-order valence-electron chi connectivity index (χ3n) is 5.61. The Morgan fingerprint density at radius 1 is 1.21 bits per heavy atom. The van der Waals surface area contributed by atoms with Gasteiger partial charge in [-0.25, -0.2) is 0 Å². The van der Waals surface area contributed by atoms with E-state index in [1.807, 2.05) is 0 Å². The van der Waals surface area contributed by atoms with Crippen LogP contribution in [-0.2, 0) is 0 Å². The van der Waals surface area contributed by atoms with Gasteiger partial charge in [0.25, 0.3) is 0 Å². The summed E-state index contributed by atoms with van der Waals surface area (Å²) in [6, 6.07) is 1.52. The molecule has 0 radical (unpaired) electrons. The van der Waals surface area contributed by atoms with Gasteiger partial charge in [0.2, 0.25) is 0 Å². The van der Waals surface area contributed by atoms with E-state index in [-0.39, 0.29) is 0 Å². The highest BCUT2D eigenvalue weighted by Gasteiger charge is 2.39. The molecule has 19 heavy (non-hydrogen) atoms. The number of fused-ring (bicyclic) bond motifs is 1. The highest BCUT2D eigenvalue weighted by molar-refractivity contribution is 4.93. The maximum atomic E-state index is 3.69. The molecule has 0 bridgehead atoms. The summed E-state index contributed by atoms with van der Waals surface area (Å²) in [4.78, 5) is 2.81. The first kappa shape index (κ1) is 15.3. The molecule has 0 spiro atoms. The van der Waals surface area contributed by atoms with E-state index in [2.05, 4.69) is 37.9 Å². The maximum Gasteiger partial charge on any atom is 0.0124 e. The fourth-order valence-corrected chi connectivity index (χ4v) is 4.00. The molecule has 112 valence electrons. The fraction of sp³-hybridized carbons (Fsp3) is 1.00. The summed E-state index contributed by atoms with van der Waals surface area (Å²) in [5, 5.41) is 3.69. The summed E-state index contributed by atoms with van der Waals surface area (Å²) in [5.41, 5.74) is 0.376. The van der Waals surface area contributed by atoms with Gasteiger partial charge in [-0.15, -0.1) is 0 Å². The average molecular weight is 266 g/mol. The van der Waals surface area contributed by atoms with Crippen molar-refractivity contribution in [3.63, 3.8) is 0 Å². The second kappa shape index (κ2) is 6.58. The maximum absolute atomic E-state index is 3.69. The first-order chi connectivity index (χ1) is 9.04. The number of hydrogen-bond acceptors (Lipinski definition) is 2. The van der Waals surface area contributed by atoms with Crippen molar-refractivity contribution in [3.8, 4) is 0 Å². The SMILES string of the molecule is CCCNC(C)C(C)(C)CN1CCC2CCCCC21. The Morgan fingerprint density at radius 2 is 1.95 bits per heavy atom. The van der Waals surface area contributed by atoms with Crippen molar-refractivity contribution in [2.75, 3.05) is 19.6 Å². The van der Waals surface area contributed by atoms with Gasteiger partial charge in [0, 0.05) is 18.6 Å². The lowest BCUT2D eigenvalue weighted by atomic mass is 9.82. The molecule has 0 amide bonds. The zero-order valence-electron chi connectivity index (χ0n) is 13.5. The van der Waals surface area contributed by atoms with Crippen molar-refractivity contribution in [3.05, 3.63) is 0 Å². The van der Waals surface area contributed by atoms with Gasteiger partial charge >= 0.3 is 0 Å². The van der Waals surface area contributed by atoms with Gasteiger partial charge in [-0.1, -0.05) is 33.6 Å². The molecular weight excluding hydrogens is 232 g/mol. The van der Waals surface area contributed by atoms with Crippen LogP contribution in [0.2, 0.25) is 0 Å². The topological polar surface area (TPSA) is 15.3 Å². The van der Waals surface area contributed by atoms with Crippen LogP contribution in [0.4, 0.5) is 0 Å². The predicted octanol–water partition coefficient (Wildman–Crippen LogP) is 3.67. The van der Waals surface area contributed by atoms with Crippen LogP contribution in [0.25, 0.3) is 0 Å². The van der Waals surface area contributed by atoms with Crippen molar-refractivity contribution in [2.45, 2.75) is 78.3 Å². The molecule has 0 aromatic heterocycles. The molecule has 0 aromatic rings. The number of hydrogen-bond donors (Lipinski definition) is 1. The second-order valence-electron chi connectivity index (χ2n) is 7.54. The summed E-state index contributed by atoms with van der Waals surface area (Å²) in [6.45, 7) is 13.3. The lowest BCUT2D eigenvalue weighted by Crippen LogP contribution is -2.49. The molecule has 0 aromatic carbocycles. The van der Waals surface area contributed by atoms with Crippen LogP contribution in [0.3, 0.4) is 0 Å². The molecule has 3 atom stereocenters. The van der Waals surface area contributed by atoms with Gasteiger partial charge in [-0.05, 0) is 57.0 Å². The summed E-state index contributed by atoms with van der Waals surface area (Å²) < 4.78 is 0. The molecule has 2 aliphatic rings. The molecule has 3 unspecified atom stereocenters. The molecule has 2 nitrogen and oxygen atoms in total. The quantitative estimate of drug-likeness (QED) is 0.789. The second-order valence-corrected chi connectivity index (χ2v) is 7.54. The van der Waals surface area contributed by atoms with E-state index in [0.717, 1.165) is 18.5 Å². The Balaban J connectivity index is 1.88. The molecule has 1 aliphatic carbocycles. The zero-order chi connectivity index (χ0) is 13.9. The van der Waals surface area contributed by atoms with Crippen LogP contribution >= 0.6 is 0 Å². The highest BCUT2D eigenvalue weighted by atomic mass is 15.2. The molecule has 1 saturated heterocycles. The lowest BCUT2D eigenvalue weighted by Gasteiger charge is -2.40. The van der Waals surface area contributed by atoms with Gasteiger partial charge in [0.15, 0.2) is 0 Å². The van der Waals surface area contributed by atoms with Crippen molar-refractivity contribution in [1.82, 2.24) is 10.2 Å². The number of rotatable bonds is 6. The van der Waals surface area contributed by atoms with Gasteiger partial charge < -0.3 is 5.32 Å². The first-order valence-corrected chi connectivity index (χ1v) is 8.52. The molecule has 2 heteroatoms. The van der Waals surface area contributed by atoms with Gasteiger partial charge in [0.1, 0.15) is 0 Å². The average Bonchev–Trinajstić information content (AvgIpc) is 2.79. The van der Waals surface area contributed by atoms with E-state index in [9.17, 15) is 0 Å². The van der Waals surface area contributed by atoms with Crippen LogP contribution in [0, 0.1) is 11.3 Å². The van der Waals surface area contributed by atoms with E-state index in [4.69, 9.17) is 0 Å². The molecule has 2 fully saturated rings. The van der Waals surface area contributed by atoms with Gasteiger partial charge in [-0.2, -0.15) is 0 Å². The number of nitrogens with zero attached hydrogens (tertiary/aromatic N) is 1. The summed E-state index contributed by atoms with van der Waals surface area (Å²) in [7, 11) is 0. The molecule has 1 N–H and O–H groups in total. The van der Waals surface area contributed by atoms with Crippen molar-refractivity contribution in [2.24, 2.45) is 11.3 Å².